The van der Waals surface area contributed by atoms with Crippen LogP contribution in [0.4, 0.5) is 11.6 Å². The SMILES string of the molecule is COc1cccc(C2C(C(=O)Nc3ccc(C)cc3C)=C(C)Nc3nnnn32)c1OC. The van der Waals surface area contributed by atoms with E-state index in [2.05, 4.69) is 26.2 Å². The lowest BCUT2D eigenvalue weighted by Crippen LogP contribution is -2.32. The molecule has 0 fully saturated rings. The Morgan fingerprint density at radius 3 is 2.65 bits per heavy atom. The number of fused-ring (bicyclic) bond motifs is 1. The third-order valence-electron chi connectivity index (χ3n) is 5.32. The molecule has 160 valence electrons. The van der Waals surface area contributed by atoms with Crippen molar-refractivity contribution >= 4 is 17.5 Å². The number of anilines is 2. The van der Waals surface area contributed by atoms with Crippen LogP contribution in [0.1, 0.15) is 29.7 Å². The van der Waals surface area contributed by atoms with Crippen molar-refractivity contribution in [3.63, 3.8) is 0 Å². The van der Waals surface area contributed by atoms with Crippen molar-refractivity contribution in [2.24, 2.45) is 0 Å². The summed E-state index contributed by atoms with van der Waals surface area (Å²) >= 11 is 0. The molecule has 1 aliphatic heterocycles. The molecule has 0 radical (unpaired) electrons. The summed E-state index contributed by atoms with van der Waals surface area (Å²) in [5.41, 5.74) is 4.69. The summed E-state index contributed by atoms with van der Waals surface area (Å²) in [5.74, 6) is 1.26. The third-order valence-corrected chi connectivity index (χ3v) is 5.32. The molecule has 4 rings (SSSR count). The summed E-state index contributed by atoms with van der Waals surface area (Å²) in [6.45, 7) is 5.81. The Kier molecular flexibility index (Phi) is 5.33. The number of aryl methyl sites for hydroxylation is 2. The van der Waals surface area contributed by atoms with Gasteiger partial charge in [-0.25, -0.2) is 0 Å². The molecule has 3 aromatic rings. The van der Waals surface area contributed by atoms with Crippen LogP contribution in [0, 0.1) is 13.8 Å². The van der Waals surface area contributed by atoms with Crippen LogP contribution in [0.15, 0.2) is 47.7 Å². The number of hydrogen-bond donors (Lipinski definition) is 2. The maximum atomic E-state index is 13.5. The first kappa shape index (κ1) is 20.4. The number of rotatable bonds is 5. The third kappa shape index (κ3) is 3.58. The zero-order valence-electron chi connectivity index (χ0n) is 18.1. The van der Waals surface area contributed by atoms with Crippen molar-refractivity contribution in [2.45, 2.75) is 26.8 Å². The van der Waals surface area contributed by atoms with Gasteiger partial charge >= 0.3 is 0 Å². The van der Waals surface area contributed by atoms with E-state index in [0.717, 1.165) is 16.8 Å². The summed E-state index contributed by atoms with van der Waals surface area (Å²) in [4.78, 5) is 13.5. The van der Waals surface area contributed by atoms with Gasteiger partial charge in [0.25, 0.3) is 5.91 Å². The number of nitrogens with zero attached hydrogens (tertiary/aromatic N) is 4. The second kappa shape index (κ2) is 8.10. The number of amides is 1. The first-order valence-electron chi connectivity index (χ1n) is 9.79. The molecule has 2 heterocycles. The van der Waals surface area contributed by atoms with E-state index in [-0.39, 0.29) is 5.91 Å². The first-order valence-corrected chi connectivity index (χ1v) is 9.79. The van der Waals surface area contributed by atoms with Gasteiger partial charge in [0.1, 0.15) is 6.04 Å². The minimum Gasteiger partial charge on any atom is -0.493 e. The van der Waals surface area contributed by atoms with Crippen LogP contribution in [0.2, 0.25) is 0 Å². The van der Waals surface area contributed by atoms with Crippen molar-refractivity contribution in [2.75, 3.05) is 24.9 Å². The lowest BCUT2D eigenvalue weighted by atomic mass is 9.93. The van der Waals surface area contributed by atoms with E-state index in [4.69, 9.17) is 9.47 Å². The molecular formula is C22H24N6O3. The van der Waals surface area contributed by atoms with Crippen LogP contribution in [0.25, 0.3) is 0 Å². The van der Waals surface area contributed by atoms with Gasteiger partial charge in [0.05, 0.1) is 19.8 Å². The average Bonchev–Trinajstić information content (AvgIpc) is 3.21. The van der Waals surface area contributed by atoms with Crippen LogP contribution in [-0.2, 0) is 4.79 Å². The van der Waals surface area contributed by atoms with Gasteiger partial charge in [-0.2, -0.15) is 4.68 Å². The summed E-state index contributed by atoms with van der Waals surface area (Å²) < 4.78 is 12.7. The Morgan fingerprint density at radius 1 is 1.13 bits per heavy atom. The Labute approximate surface area is 180 Å². The number of hydrogen-bond acceptors (Lipinski definition) is 7. The smallest absolute Gasteiger partial charge is 0.255 e. The Bertz CT molecular complexity index is 1180. The number of tetrazole rings is 1. The monoisotopic (exact) mass is 420 g/mol. The highest BCUT2D eigenvalue weighted by Gasteiger charge is 2.36. The number of allylic oxidation sites excluding steroid dienone is 1. The van der Waals surface area contributed by atoms with Gasteiger partial charge in [0, 0.05) is 16.9 Å². The number of ether oxygens (including phenoxy) is 2. The second-order valence-corrected chi connectivity index (χ2v) is 7.37. The van der Waals surface area contributed by atoms with Gasteiger partial charge in [-0.15, -0.1) is 0 Å². The number of para-hydroxylation sites is 1. The molecule has 1 unspecified atom stereocenters. The van der Waals surface area contributed by atoms with Crippen LogP contribution in [0.5, 0.6) is 11.5 Å². The molecular weight excluding hydrogens is 396 g/mol. The van der Waals surface area contributed by atoms with E-state index in [1.807, 2.05) is 51.1 Å². The maximum Gasteiger partial charge on any atom is 0.255 e. The molecule has 0 aliphatic carbocycles. The first-order chi connectivity index (χ1) is 14.9. The van der Waals surface area contributed by atoms with E-state index >= 15 is 0 Å². The molecule has 0 bridgehead atoms. The molecule has 0 saturated carbocycles. The fourth-order valence-corrected chi connectivity index (χ4v) is 3.86. The van der Waals surface area contributed by atoms with Crippen molar-refractivity contribution in [3.05, 3.63) is 64.4 Å². The van der Waals surface area contributed by atoms with Crippen molar-refractivity contribution < 1.29 is 14.3 Å². The highest BCUT2D eigenvalue weighted by Crippen LogP contribution is 2.42. The lowest BCUT2D eigenvalue weighted by molar-refractivity contribution is -0.113. The van der Waals surface area contributed by atoms with E-state index in [0.29, 0.717) is 34.3 Å². The number of carbonyl (C=O) groups is 1. The highest BCUT2D eigenvalue weighted by atomic mass is 16.5. The van der Waals surface area contributed by atoms with Crippen LogP contribution in [0.3, 0.4) is 0 Å². The summed E-state index contributed by atoms with van der Waals surface area (Å²) in [6, 6.07) is 10.8. The number of methoxy groups -OCH3 is 2. The molecule has 31 heavy (non-hydrogen) atoms. The van der Waals surface area contributed by atoms with E-state index in [1.54, 1.807) is 25.0 Å². The molecule has 9 nitrogen and oxygen atoms in total. The Balaban J connectivity index is 1.83. The van der Waals surface area contributed by atoms with Crippen LogP contribution >= 0.6 is 0 Å². The van der Waals surface area contributed by atoms with Gasteiger partial charge in [0.15, 0.2) is 11.5 Å². The number of aromatic nitrogens is 4. The quantitative estimate of drug-likeness (QED) is 0.653. The summed E-state index contributed by atoms with van der Waals surface area (Å²) in [6.07, 6.45) is 0. The van der Waals surface area contributed by atoms with Crippen molar-refractivity contribution in [3.8, 4) is 11.5 Å². The Hall–Kier alpha value is -3.88. The van der Waals surface area contributed by atoms with Crippen molar-refractivity contribution in [1.29, 1.82) is 0 Å². The van der Waals surface area contributed by atoms with E-state index in [1.165, 1.54) is 0 Å². The summed E-state index contributed by atoms with van der Waals surface area (Å²) in [5, 5.41) is 18.1. The molecule has 1 amide bonds. The molecule has 2 aromatic carbocycles. The minimum atomic E-state index is -0.609. The van der Waals surface area contributed by atoms with Gasteiger partial charge in [-0.3, -0.25) is 4.79 Å². The minimum absolute atomic E-state index is 0.257. The standard InChI is InChI=1S/C22H24N6O3/c1-12-9-10-16(13(2)11-12)24-21(29)18-14(3)23-22-25-26-27-28(22)19(18)15-7-6-8-17(30-4)20(15)31-5/h6-11,19H,1-5H3,(H,24,29)(H,23,25,27). The Morgan fingerprint density at radius 2 is 1.94 bits per heavy atom. The van der Waals surface area contributed by atoms with Crippen molar-refractivity contribution in [1.82, 2.24) is 20.2 Å². The number of benzene rings is 2. The fraction of sp³-hybridized carbons (Fsp3) is 0.273. The topological polar surface area (TPSA) is 103 Å². The predicted octanol–water partition coefficient (Wildman–Crippen LogP) is 3.23. The van der Waals surface area contributed by atoms with E-state index in [9.17, 15) is 4.79 Å². The molecule has 9 heteroatoms. The molecule has 1 aliphatic rings. The van der Waals surface area contributed by atoms with Gasteiger partial charge in [0.2, 0.25) is 5.95 Å². The molecule has 0 spiro atoms. The average molecular weight is 420 g/mol. The van der Waals surface area contributed by atoms with Crippen LogP contribution in [-0.4, -0.2) is 40.3 Å². The number of carbonyl (C=O) groups excluding carboxylic acids is 1. The largest absolute Gasteiger partial charge is 0.493 e. The predicted molar refractivity (Wildman–Crippen MR) is 116 cm³/mol. The lowest BCUT2D eigenvalue weighted by Gasteiger charge is -2.29. The normalized spacial score (nSPS) is 15.2. The van der Waals surface area contributed by atoms with Gasteiger partial charge in [-0.1, -0.05) is 34.9 Å². The summed E-state index contributed by atoms with van der Waals surface area (Å²) in [7, 11) is 3.14. The number of nitrogens with one attached hydrogen (secondary N) is 2. The fourth-order valence-electron chi connectivity index (χ4n) is 3.86. The zero-order valence-corrected chi connectivity index (χ0v) is 18.1. The maximum absolute atomic E-state index is 13.5. The zero-order chi connectivity index (χ0) is 22.1. The van der Waals surface area contributed by atoms with E-state index < -0.39 is 6.04 Å². The second-order valence-electron chi connectivity index (χ2n) is 7.37. The molecule has 0 saturated heterocycles. The van der Waals surface area contributed by atoms with Crippen LogP contribution < -0.4 is 20.1 Å². The molecule has 1 atom stereocenters. The molecule has 1 aromatic heterocycles. The molecule has 2 N–H and O–H groups in total. The van der Waals surface area contributed by atoms with Gasteiger partial charge < -0.3 is 20.1 Å². The van der Waals surface area contributed by atoms with Gasteiger partial charge in [-0.05, 0) is 48.9 Å². The highest BCUT2D eigenvalue weighted by molar-refractivity contribution is 6.06.